The van der Waals surface area contributed by atoms with E-state index in [1.54, 1.807) is 36.5 Å². The molecule has 34 heavy (non-hydrogen) atoms. The summed E-state index contributed by atoms with van der Waals surface area (Å²) >= 11 is 12.6. The van der Waals surface area contributed by atoms with E-state index in [1.807, 2.05) is 11.0 Å². The molecular weight excluding hydrogens is 495 g/mol. The highest BCUT2D eigenvalue weighted by molar-refractivity contribution is 7.89. The molecule has 0 radical (unpaired) electrons. The van der Waals surface area contributed by atoms with E-state index in [0.717, 1.165) is 32.4 Å². The zero-order valence-corrected chi connectivity index (χ0v) is 20.6. The van der Waals surface area contributed by atoms with Gasteiger partial charge < -0.3 is 5.32 Å². The Morgan fingerprint density at radius 1 is 1.00 bits per heavy atom. The molecule has 0 aliphatic carbocycles. The molecule has 2 N–H and O–H groups in total. The van der Waals surface area contributed by atoms with Crippen molar-refractivity contribution < 1.29 is 13.2 Å². The Kier molecular flexibility index (Phi) is 7.85. The predicted molar refractivity (Wildman–Crippen MR) is 135 cm³/mol. The number of pyridine rings is 1. The molecule has 3 aromatic rings. The number of hydrogen-bond donors (Lipinski definition) is 2. The summed E-state index contributed by atoms with van der Waals surface area (Å²) in [6, 6.07) is 14.8. The van der Waals surface area contributed by atoms with Crippen LogP contribution < -0.4 is 10.0 Å². The highest BCUT2D eigenvalue weighted by atomic mass is 35.5. The Balaban J connectivity index is 1.57. The van der Waals surface area contributed by atoms with Crippen molar-refractivity contribution in [1.82, 2.24) is 14.6 Å². The van der Waals surface area contributed by atoms with Gasteiger partial charge in [-0.1, -0.05) is 41.8 Å². The Morgan fingerprint density at radius 3 is 2.53 bits per heavy atom. The summed E-state index contributed by atoms with van der Waals surface area (Å²) in [5.74, 6) is -0.544. The number of nitrogens with one attached hydrogen (secondary N) is 2. The van der Waals surface area contributed by atoms with Crippen LogP contribution in [-0.2, 0) is 10.0 Å². The fourth-order valence-electron chi connectivity index (χ4n) is 3.81. The van der Waals surface area contributed by atoms with Crippen molar-refractivity contribution in [3.05, 3.63) is 76.4 Å². The van der Waals surface area contributed by atoms with Gasteiger partial charge in [-0.05, 0) is 68.4 Å². The van der Waals surface area contributed by atoms with Crippen LogP contribution in [0, 0.1) is 0 Å². The van der Waals surface area contributed by atoms with Gasteiger partial charge in [0.25, 0.3) is 5.91 Å². The number of nitrogens with zero attached hydrogens (tertiary/aromatic N) is 2. The normalized spacial score (nSPS) is 14.6. The number of hydrogen-bond acceptors (Lipinski definition) is 5. The maximum atomic E-state index is 13.1. The van der Waals surface area contributed by atoms with E-state index in [4.69, 9.17) is 23.2 Å². The third-order valence-corrected chi connectivity index (χ3v) is 7.78. The van der Waals surface area contributed by atoms with Crippen molar-refractivity contribution >= 4 is 44.8 Å². The number of rotatable bonds is 7. The Labute approximate surface area is 209 Å². The molecule has 1 aliphatic heterocycles. The molecule has 4 rings (SSSR count). The molecule has 0 bridgehead atoms. The SMILES string of the molecule is O=C(Nc1ccc(Cl)cc1-c1ccccn1)c1cccc(S(=O)(=O)NCN2CCCCC2)c1Cl. The number of carbonyl (C=O) groups is 1. The number of amides is 1. The third-order valence-electron chi connectivity index (χ3n) is 5.59. The zero-order chi connectivity index (χ0) is 24.1. The van der Waals surface area contributed by atoms with E-state index in [-0.39, 0.29) is 22.2 Å². The lowest BCUT2D eigenvalue weighted by molar-refractivity contribution is 0.102. The molecule has 1 aliphatic rings. The summed E-state index contributed by atoms with van der Waals surface area (Å²) in [5, 5.41) is 3.16. The van der Waals surface area contributed by atoms with Crippen LogP contribution in [0.4, 0.5) is 5.69 Å². The van der Waals surface area contributed by atoms with Crippen molar-refractivity contribution in [2.24, 2.45) is 0 Å². The van der Waals surface area contributed by atoms with E-state index >= 15 is 0 Å². The standard InChI is InChI=1S/C24H24Cl2N4O3S/c25-17-10-11-21(19(15-17)20-8-2-3-12-27-20)29-24(31)18-7-6-9-22(23(18)26)34(32,33)28-16-30-13-4-1-5-14-30/h2-3,6-12,15,28H,1,4-5,13-14,16H2,(H,29,31). The first kappa shape index (κ1) is 24.6. The molecule has 0 unspecified atom stereocenters. The summed E-state index contributed by atoms with van der Waals surface area (Å²) in [7, 11) is -3.91. The van der Waals surface area contributed by atoms with Gasteiger partial charge >= 0.3 is 0 Å². The Morgan fingerprint density at radius 2 is 1.79 bits per heavy atom. The fraction of sp³-hybridized carbons (Fsp3) is 0.250. The number of anilines is 1. The summed E-state index contributed by atoms with van der Waals surface area (Å²) in [6.07, 6.45) is 4.89. The molecule has 178 valence electrons. The molecule has 7 nitrogen and oxygen atoms in total. The van der Waals surface area contributed by atoms with E-state index < -0.39 is 15.9 Å². The monoisotopic (exact) mass is 518 g/mol. The van der Waals surface area contributed by atoms with Crippen LogP contribution >= 0.6 is 23.2 Å². The molecule has 2 heterocycles. The highest BCUT2D eigenvalue weighted by Gasteiger charge is 2.24. The topological polar surface area (TPSA) is 91.4 Å². The van der Waals surface area contributed by atoms with Gasteiger partial charge in [0.05, 0.1) is 28.6 Å². The first-order valence-corrected chi connectivity index (χ1v) is 13.1. The van der Waals surface area contributed by atoms with Crippen molar-refractivity contribution in [2.75, 3.05) is 25.1 Å². The number of sulfonamides is 1. The van der Waals surface area contributed by atoms with E-state index in [0.29, 0.717) is 22.0 Å². The summed E-state index contributed by atoms with van der Waals surface area (Å²) < 4.78 is 28.5. The average Bonchev–Trinajstić information content (AvgIpc) is 2.85. The third kappa shape index (κ3) is 5.76. The molecule has 1 saturated heterocycles. The first-order chi connectivity index (χ1) is 16.3. The van der Waals surface area contributed by atoms with Crippen LogP contribution in [0.5, 0.6) is 0 Å². The van der Waals surface area contributed by atoms with Crippen LogP contribution in [0.2, 0.25) is 10.0 Å². The number of benzene rings is 2. The van der Waals surface area contributed by atoms with Gasteiger partial charge in [-0.25, -0.2) is 8.42 Å². The van der Waals surface area contributed by atoms with Gasteiger partial charge in [-0.15, -0.1) is 0 Å². The Bertz CT molecular complexity index is 1280. The zero-order valence-electron chi connectivity index (χ0n) is 18.3. The minimum absolute atomic E-state index is 0.0458. The quantitative estimate of drug-likeness (QED) is 0.457. The maximum Gasteiger partial charge on any atom is 0.257 e. The molecule has 0 atom stereocenters. The highest BCUT2D eigenvalue weighted by Crippen LogP contribution is 2.31. The van der Waals surface area contributed by atoms with Gasteiger partial charge in [-0.2, -0.15) is 4.72 Å². The van der Waals surface area contributed by atoms with Crippen molar-refractivity contribution in [1.29, 1.82) is 0 Å². The minimum atomic E-state index is -3.91. The maximum absolute atomic E-state index is 13.1. The van der Waals surface area contributed by atoms with Gasteiger partial charge in [0.15, 0.2) is 0 Å². The second-order valence-corrected chi connectivity index (χ2v) is 10.5. The van der Waals surface area contributed by atoms with E-state index in [1.165, 1.54) is 18.2 Å². The van der Waals surface area contributed by atoms with Crippen molar-refractivity contribution in [2.45, 2.75) is 24.2 Å². The van der Waals surface area contributed by atoms with Crippen molar-refractivity contribution in [3.8, 4) is 11.3 Å². The molecule has 1 aromatic heterocycles. The van der Waals surface area contributed by atoms with Gasteiger partial charge in [0.2, 0.25) is 10.0 Å². The summed E-state index contributed by atoms with van der Waals surface area (Å²) in [5.41, 5.74) is 1.78. The first-order valence-electron chi connectivity index (χ1n) is 10.9. The number of piperidine rings is 1. The largest absolute Gasteiger partial charge is 0.321 e. The summed E-state index contributed by atoms with van der Waals surface area (Å²) in [6.45, 7) is 1.89. The number of likely N-dealkylation sites (tertiary alicyclic amines) is 1. The van der Waals surface area contributed by atoms with Crippen LogP contribution in [-0.4, -0.2) is 44.0 Å². The second-order valence-electron chi connectivity index (χ2n) is 7.96. The predicted octanol–water partition coefficient (Wildman–Crippen LogP) is 5.03. The molecule has 0 spiro atoms. The lowest BCUT2D eigenvalue weighted by Crippen LogP contribution is -2.40. The average molecular weight is 519 g/mol. The van der Waals surface area contributed by atoms with E-state index in [2.05, 4.69) is 15.0 Å². The van der Waals surface area contributed by atoms with Gasteiger partial charge in [-0.3, -0.25) is 14.7 Å². The fourth-order valence-corrected chi connectivity index (χ4v) is 5.61. The number of halogens is 2. The molecule has 1 amide bonds. The van der Waals surface area contributed by atoms with Gasteiger partial charge in [0.1, 0.15) is 4.90 Å². The number of aromatic nitrogens is 1. The summed E-state index contributed by atoms with van der Waals surface area (Å²) in [4.78, 5) is 19.3. The van der Waals surface area contributed by atoms with Crippen LogP contribution in [0.15, 0.2) is 65.7 Å². The second kappa shape index (κ2) is 10.8. The van der Waals surface area contributed by atoms with Crippen LogP contribution in [0.3, 0.4) is 0 Å². The lowest BCUT2D eigenvalue weighted by atomic mass is 10.1. The molecule has 1 fully saturated rings. The molecule has 10 heteroatoms. The smallest absolute Gasteiger partial charge is 0.257 e. The molecule has 2 aromatic carbocycles. The molecular formula is C24H24Cl2N4O3S. The van der Waals surface area contributed by atoms with Crippen LogP contribution in [0.25, 0.3) is 11.3 Å². The molecule has 0 saturated carbocycles. The van der Waals surface area contributed by atoms with Crippen LogP contribution in [0.1, 0.15) is 29.6 Å². The lowest BCUT2D eigenvalue weighted by Gasteiger charge is -2.26. The van der Waals surface area contributed by atoms with Gasteiger partial charge in [0, 0.05) is 16.8 Å². The van der Waals surface area contributed by atoms with E-state index in [9.17, 15) is 13.2 Å². The van der Waals surface area contributed by atoms with Crippen molar-refractivity contribution in [3.63, 3.8) is 0 Å². The Hall–Kier alpha value is -2.49. The number of carbonyl (C=O) groups excluding carboxylic acids is 1. The minimum Gasteiger partial charge on any atom is -0.321 e.